The lowest BCUT2D eigenvalue weighted by Crippen LogP contribution is -2.42. The summed E-state index contributed by atoms with van der Waals surface area (Å²) in [5.41, 5.74) is 0.104. The van der Waals surface area contributed by atoms with E-state index in [2.05, 4.69) is 10.6 Å². The van der Waals surface area contributed by atoms with Crippen LogP contribution in [-0.2, 0) is 9.59 Å². The van der Waals surface area contributed by atoms with E-state index >= 15 is 0 Å². The van der Waals surface area contributed by atoms with Gasteiger partial charge in [0.05, 0.1) is 11.3 Å². The van der Waals surface area contributed by atoms with Gasteiger partial charge in [-0.25, -0.2) is 0 Å². The second kappa shape index (κ2) is 7.37. The summed E-state index contributed by atoms with van der Waals surface area (Å²) in [5, 5.41) is 15.3. The largest absolute Gasteiger partial charge is 0.505 e. The molecule has 1 heterocycles. The summed E-state index contributed by atoms with van der Waals surface area (Å²) in [7, 11) is 1.45. The minimum atomic E-state index is -0.520. The maximum absolute atomic E-state index is 12.8. The summed E-state index contributed by atoms with van der Waals surface area (Å²) in [6.45, 7) is 0. The molecule has 0 bridgehead atoms. The average molecular weight is 378 g/mol. The molecule has 0 radical (unpaired) electrons. The Hall–Kier alpha value is -2.54. The number of hydrogen-bond acceptors (Lipinski definition) is 5. The average Bonchev–Trinajstić information content (AvgIpc) is 2.86. The molecule has 0 spiro atoms. The Kier molecular flexibility index (Phi) is 5.18. The molecule has 3 amide bonds. The third kappa shape index (κ3) is 3.14. The van der Waals surface area contributed by atoms with Crippen LogP contribution in [0.3, 0.4) is 0 Å². The van der Waals surface area contributed by atoms with E-state index in [1.165, 1.54) is 24.1 Å². The van der Waals surface area contributed by atoms with Gasteiger partial charge in [-0.05, 0) is 25.0 Å². The van der Waals surface area contributed by atoms with Crippen LogP contribution < -0.4 is 10.6 Å². The fourth-order valence-electron chi connectivity index (χ4n) is 3.40. The Bertz CT molecular complexity index is 800. The number of carbonyl (C=O) groups excluding carboxylic acids is 3. The lowest BCUT2D eigenvalue weighted by Gasteiger charge is -2.29. The van der Waals surface area contributed by atoms with Crippen LogP contribution in [0.1, 0.15) is 42.5 Å². The molecule has 8 heteroatoms. The van der Waals surface area contributed by atoms with Crippen LogP contribution in [0.4, 0.5) is 5.69 Å². The molecule has 1 aliphatic carbocycles. The van der Waals surface area contributed by atoms with Gasteiger partial charge in [0.15, 0.2) is 5.75 Å². The minimum Gasteiger partial charge on any atom is -0.505 e. The number of nitrogens with one attached hydrogen (secondary N) is 2. The quantitative estimate of drug-likeness (QED) is 0.552. The van der Waals surface area contributed by atoms with Crippen LogP contribution in [0, 0.1) is 0 Å². The fourth-order valence-corrected chi connectivity index (χ4v) is 3.61. The first-order valence-corrected chi connectivity index (χ1v) is 8.92. The Morgan fingerprint density at radius 1 is 1.19 bits per heavy atom. The first-order chi connectivity index (χ1) is 12.5. The van der Waals surface area contributed by atoms with Gasteiger partial charge < -0.3 is 15.7 Å². The van der Waals surface area contributed by atoms with Gasteiger partial charge in [0.25, 0.3) is 17.7 Å². The number of para-hydroxylation sites is 1. The van der Waals surface area contributed by atoms with Crippen LogP contribution in [0.25, 0.3) is 0 Å². The van der Waals surface area contributed by atoms with Gasteiger partial charge in [0.2, 0.25) is 0 Å². The zero-order valence-electron chi connectivity index (χ0n) is 14.3. The number of phenols is 1. The highest BCUT2D eigenvalue weighted by molar-refractivity contribution is 6.48. The SMILES string of the molecule is CNC(=O)c1cccc(NC2=C(Cl)C(=O)N(C3CCCCC3)C2=O)c1O. The molecule has 1 fully saturated rings. The van der Waals surface area contributed by atoms with E-state index in [-0.39, 0.29) is 33.8 Å². The number of anilines is 1. The number of halogens is 1. The number of benzene rings is 1. The summed E-state index contributed by atoms with van der Waals surface area (Å²) in [6, 6.07) is 4.36. The molecule has 3 N–H and O–H groups in total. The van der Waals surface area contributed by atoms with Crippen LogP contribution in [-0.4, -0.2) is 40.8 Å². The number of carbonyl (C=O) groups is 3. The molecular formula is C18H20ClN3O4. The number of rotatable bonds is 4. The van der Waals surface area contributed by atoms with Crippen molar-refractivity contribution < 1.29 is 19.5 Å². The minimum absolute atomic E-state index is 0.0510. The molecule has 26 heavy (non-hydrogen) atoms. The molecule has 0 unspecified atom stereocenters. The number of nitrogens with zero attached hydrogens (tertiary/aromatic N) is 1. The molecular weight excluding hydrogens is 358 g/mol. The Morgan fingerprint density at radius 2 is 1.88 bits per heavy atom. The van der Waals surface area contributed by atoms with Crippen LogP contribution in [0.2, 0.25) is 0 Å². The van der Waals surface area contributed by atoms with E-state index in [0.717, 1.165) is 32.1 Å². The Balaban J connectivity index is 1.87. The third-order valence-electron chi connectivity index (χ3n) is 4.77. The topological polar surface area (TPSA) is 98.7 Å². The molecule has 7 nitrogen and oxygen atoms in total. The lowest BCUT2D eigenvalue weighted by molar-refractivity contribution is -0.140. The highest BCUT2D eigenvalue weighted by atomic mass is 35.5. The number of amides is 3. The van der Waals surface area contributed by atoms with E-state index in [0.29, 0.717) is 0 Å². The van der Waals surface area contributed by atoms with Crippen molar-refractivity contribution in [3.63, 3.8) is 0 Å². The van der Waals surface area contributed by atoms with E-state index < -0.39 is 17.7 Å². The third-order valence-corrected chi connectivity index (χ3v) is 5.12. The predicted molar refractivity (Wildman–Crippen MR) is 96.7 cm³/mol. The second-order valence-corrected chi connectivity index (χ2v) is 6.74. The number of phenolic OH excluding ortho intramolecular Hbond substituents is 1. The van der Waals surface area contributed by atoms with E-state index in [1.807, 2.05) is 0 Å². The Labute approximate surface area is 156 Å². The van der Waals surface area contributed by atoms with Crippen LogP contribution in [0.5, 0.6) is 5.75 Å². The second-order valence-electron chi connectivity index (χ2n) is 6.37. The maximum atomic E-state index is 12.8. The van der Waals surface area contributed by atoms with Crippen molar-refractivity contribution in [2.75, 3.05) is 12.4 Å². The smallest absolute Gasteiger partial charge is 0.279 e. The first kappa shape index (κ1) is 18.3. The van der Waals surface area contributed by atoms with Gasteiger partial charge in [0.1, 0.15) is 10.7 Å². The van der Waals surface area contributed by atoms with E-state index in [4.69, 9.17) is 11.6 Å². The summed E-state index contributed by atoms with van der Waals surface area (Å²) >= 11 is 6.11. The fraction of sp³-hybridized carbons (Fsp3) is 0.389. The standard InChI is InChI=1S/C18H20ClN3O4/c1-20-16(24)11-8-5-9-12(15(11)23)21-14-13(19)17(25)22(18(14)26)10-6-3-2-4-7-10/h5,8-10,21,23H,2-4,6-7H2,1H3,(H,20,24). The monoisotopic (exact) mass is 377 g/mol. The van der Waals surface area contributed by atoms with Gasteiger partial charge in [-0.1, -0.05) is 36.9 Å². The van der Waals surface area contributed by atoms with Crippen molar-refractivity contribution in [2.24, 2.45) is 0 Å². The molecule has 1 aromatic rings. The van der Waals surface area contributed by atoms with Crippen molar-refractivity contribution in [1.29, 1.82) is 0 Å². The summed E-state index contributed by atoms with van der Waals surface area (Å²) < 4.78 is 0. The van der Waals surface area contributed by atoms with Gasteiger partial charge in [0, 0.05) is 13.1 Å². The summed E-state index contributed by atoms with van der Waals surface area (Å²) in [4.78, 5) is 38.2. The Morgan fingerprint density at radius 3 is 2.54 bits per heavy atom. The zero-order chi connectivity index (χ0) is 18.8. The summed E-state index contributed by atoms with van der Waals surface area (Å²) in [6.07, 6.45) is 4.58. The normalized spacial score (nSPS) is 18.5. The molecule has 1 aromatic carbocycles. The van der Waals surface area contributed by atoms with Crippen molar-refractivity contribution in [3.05, 3.63) is 34.5 Å². The van der Waals surface area contributed by atoms with Crippen molar-refractivity contribution in [3.8, 4) is 5.75 Å². The van der Waals surface area contributed by atoms with Crippen molar-refractivity contribution >= 4 is 35.0 Å². The molecule has 0 atom stereocenters. The zero-order valence-corrected chi connectivity index (χ0v) is 15.1. The van der Waals surface area contributed by atoms with Crippen molar-refractivity contribution in [2.45, 2.75) is 38.1 Å². The van der Waals surface area contributed by atoms with Gasteiger partial charge in [-0.3, -0.25) is 19.3 Å². The number of aromatic hydroxyl groups is 1. The first-order valence-electron chi connectivity index (χ1n) is 8.54. The predicted octanol–water partition coefficient (Wildman–Crippen LogP) is 2.32. The van der Waals surface area contributed by atoms with Gasteiger partial charge >= 0.3 is 0 Å². The van der Waals surface area contributed by atoms with Crippen LogP contribution >= 0.6 is 11.6 Å². The molecule has 0 saturated heterocycles. The number of imide groups is 1. The van der Waals surface area contributed by atoms with E-state index in [9.17, 15) is 19.5 Å². The molecule has 3 rings (SSSR count). The maximum Gasteiger partial charge on any atom is 0.279 e. The molecule has 1 saturated carbocycles. The lowest BCUT2D eigenvalue weighted by atomic mass is 9.94. The van der Waals surface area contributed by atoms with Gasteiger partial charge in [-0.2, -0.15) is 0 Å². The van der Waals surface area contributed by atoms with Gasteiger partial charge in [-0.15, -0.1) is 0 Å². The molecule has 138 valence electrons. The van der Waals surface area contributed by atoms with Crippen molar-refractivity contribution in [1.82, 2.24) is 10.2 Å². The molecule has 1 aliphatic heterocycles. The molecule has 2 aliphatic rings. The van der Waals surface area contributed by atoms with E-state index in [1.54, 1.807) is 6.07 Å². The number of hydrogen-bond donors (Lipinski definition) is 3. The summed E-state index contributed by atoms with van der Waals surface area (Å²) in [5.74, 6) is -1.81. The van der Waals surface area contributed by atoms with Crippen LogP contribution in [0.15, 0.2) is 28.9 Å². The highest BCUT2D eigenvalue weighted by Crippen LogP contribution is 2.35. The highest BCUT2D eigenvalue weighted by Gasteiger charge is 2.42. The molecule has 0 aromatic heterocycles.